The summed E-state index contributed by atoms with van der Waals surface area (Å²) < 4.78 is 1.19. The highest BCUT2D eigenvalue weighted by atomic mass is 32.1. The number of piperazine rings is 1. The molecule has 5 heteroatoms. The van der Waals surface area contributed by atoms with Crippen molar-refractivity contribution in [2.75, 3.05) is 46.3 Å². The number of nitrogens with zero attached hydrogens (tertiary/aromatic N) is 2. The van der Waals surface area contributed by atoms with Gasteiger partial charge in [0.2, 0.25) is 0 Å². The van der Waals surface area contributed by atoms with E-state index in [9.17, 15) is 4.79 Å². The molecule has 1 atom stereocenters. The molecule has 4 nitrogen and oxygen atoms in total. The fraction of sp³-hybridized carbons (Fsp3) is 0.526. The van der Waals surface area contributed by atoms with Gasteiger partial charge in [0.15, 0.2) is 0 Å². The number of likely N-dealkylation sites (N-methyl/N-ethyl adjacent to an activating group) is 1. The third kappa shape index (κ3) is 3.97. The Labute approximate surface area is 148 Å². The van der Waals surface area contributed by atoms with E-state index < -0.39 is 0 Å². The van der Waals surface area contributed by atoms with Crippen molar-refractivity contribution in [3.05, 3.63) is 34.7 Å². The van der Waals surface area contributed by atoms with Gasteiger partial charge < -0.3 is 15.1 Å². The van der Waals surface area contributed by atoms with Gasteiger partial charge in [-0.25, -0.2) is 0 Å². The molecule has 1 N–H and O–H groups in total. The van der Waals surface area contributed by atoms with Crippen LogP contribution in [0.2, 0.25) is 0 Å². The molecule has 2 aromatic rings. The molecule has 1 aliphatic heterocycles. The molecule has 1 amide bonds. The van der Waals surface area contributed by atoms with Crippen molar-refractivity contribution < 1.29 is 4.79 Å². The van der Waals surface area contributed by atoms with Gasteiger partial charge in [-0.2, -0.15) is 0 Å². The lowest BCUT2D eigenvalue weighted by molar-refractivity contribution is 0.0941. The number of rotatable bonds is 5. The van der Waals surface area contributed by atoms with Crippen LogP contribution < -0.4 is 5.32 Å². The van der Waals surface area contributed by atoms with E-state index in [1.807, 2.05) is 19.1 Å². The van der Waals surface area contributed by atoms with Gasteiger partial charge in [-0.15, -0.1) is 11.3 Å². The van der Waals surface area contributed by atoms with Gasteiger partial charge in [0, 0.05) is 44.0 Å². The van der Waals surface area contributed by atoms with Crippen molar-refractivity contribution in [1.82, 2.24) is 15.1 Å². The average molecular weight is 346 g/mol. The summed E-state index contributed by atoms with van der Waals surface area (Å²) in [5.41, 5.74) is 1.10. The molecule has 0 unspecified atom stereocenters. The first kappa shape index (κ1) is 17.4. The highest BCUT2D eigenvalue weighted by Gasteiger charge is 2.18. The number of hydrogen-bond acceptors (Lipinski definition) is 4. The predicted molar refractivity (Wildman–Crippen MR) is 102 cm³/mol. The van der Waals surface area contributed by atoms with E-state index in [2.05, 4.69) is 41.2 Å². The molecule has 2 heterocycles. The van der Waals surface area contributed by atoms with Crippen molar-refractivity contribution in [3.63, 3.8) is 0 Å². The van der Waals surface area contributed by atoms with Crippen LogP contribution in [0.1, 0.15) is 22.2 Å². The molecule has 0 bridgehead atoms. The maximum Gasteiger partial charge on any atom is 0.261 e. The maximum atomic E-state index is 12.6. The second kappa shape index (κ2) is 7.64. The zero-order valence-corrected chi connectivity index (χ0v) is 15.7. The Morgan fingerprint density at radius 1 is 1.25 bits per heavy atom. The normalized spacial score (nSPS) is 18.0. The summed E-state index contributed by atoms with van der Waals surface area (Å²) in [6.07, 6.45) is 0. The SMILES string of the molecule is Cc1c(C(=O)NC[C@H](C)CN2CCN(C)CC2)sc2ccccc12. The number of benzene rings is 1. The molecule has 0 aliphatic carbocycles. The maximum absolute atomic E-state index is 12.6. The number of thiophene rings is 1. The minimum atomic E-state index is 0.0685. The van der Waals surface area contributed by atoms with Crippen LogP contribution in [0.25, 0.3) is 10.1 Å². The molecule has 24 heavy (non-hydrogen) atoms. The summed E-state index contributed by atoms with van der Waals surface area (Å²) >= 11 is 1.59. The van der Waals surface area contributed by atoms with E-state index in [0.29, 0.717) is 5.92 Å². The third-order valence-electron chi connectivity index (χ3n) is 4.83. The summed E-state index contributed by atoms with van der Waals surface area (Å²) in [4.78, 5) is 18.3. The quantitative estimate of drug-likeness (QED) is 0.905. The van der Waals surface area contributed by atoms with Crippen molar-refractivity contribution in [3.8, 4) is 0 Å². The molecule has 1 aliphatic rings. The standard InChI is InChI=1S/C19H27N3OS/c1-14(13-22-10-8-21(3)9-11-22)12-20-19(23)18-15(2)16-6-4-5-7-17(16)24-18/h4-7,14H,8-13H2,1-3H3,(H,20,23)/t14-/m0/s1. The third-order valence-corrected chi connectivity index (χ3v) is 6.10. The van der Waals surface area contributed by atoms with E-state index >= 15 is 0 Å². The largest absolute Gasteiger partial charge is 0.351 e. The molecule has 0 spiro atoms. The van der Waals surface area contributed by atoms with Gasteiger partial charge in [-0.05, 0) is 36.9 Å². The Hall–Kier alpha value is -1.43. The highest BCUT2D eigenvalue weighted by Crippen LogP contribution is 2.30. The Morgan fingerprint density at radius 3 is 2.67 bits per heavy atom. The topological polar surface area (TPSA) is 35.6 Å². The van der Waals surface area contributed by atoms with E-state index in [0.717, 1.165) is 49.7 Å². The number of fused-ring (bicyclic) bond motifs is 1. The van der Waals surface area contributed by atoms with Crippen LogP contribution in [-0.4, -0.2) is 62.0 Å². The Balaban J connectivity index is 1.53. The first-order valence-electron chi connectivity index (χ1n) is 8.72. The molecule has 3 rings (SSSR count). The van der Waals surface area contributed by atoms with E-state index in [1.165, 1.54) is 10.1 Å². The predicted octanol–water partition coefficient (Wildman–Crippen LogP) is 2.82. The molecule has 130 valence electrons. The number of carbonyl (C=O) groups excluding carboxylic acids is 1. The molecule has 1 aromatic carbocycles. The lowest BCUT2D eigenvalue weighted by Gasteiger charge is -2.33. The Bertz CT molecular complexity index is 704. The lowest BCUT2D eigenvalue weighted by Crippen LogP contribution is -2.46. The summed E-state index contributed by atoms with van der Waals surface area (Å²) in [6, 6.07) is 8.23. The number of hydrogen-bond donors (Lipinski definition) is 1. The van der Waals surface area contributed by atoms with Crippen molar-refractivity contribution in [1.29, 1.82) is 0 Å². The van der Waals surface area contributed by atoms with Crippen LogP contribution in [-0.2, 0) is 0 Å². The van der Waals surface area contributed by atoms with Crippen LogP contribution in [0, 0.1) is 12.8 Å². The number of nitrogens with one attached hydrogen (secondary N) is 1. The zero-order chi connectivity index (χ0) is 17.1. The van der Waals surface area contributed by atoms with Gasteiger partial charge in [0.05, 0.1) is 4.88 Å². The van der Waals surface area contributed by atoms with Crippen molar-refractivity contribution in [2.45, 2.75) is 13.8 Å². The van der Waals surface area contributed by atoms with Crippen LogP contribution in [0.3, 0.4) is 0 Å². The Morgan fingerprint density at radius 2 is 1.96 bits per heavy atom. The fourth-order valence-electron chi connectivity index (χ4n) is 3.27. The van der Waals surface area contributed by atoms with Gasteiger partial charge in [-0.1, -0.05) is 25.1 Å². The summed E-state index contributed by atoms with van der Waals surface area (Å²) in [5.74, 6) is 0.533. The summed E-state index contributed by atoms with van der Waals surface area (Å²) in [6.45, 7) is 10.6. The highest BCUT2D eigenvalue weighted by molar-refractivity contribution is 7.21. The summed E-state index contributed by atoms with van der Waals surface area (Å²) in [7, 11) is 2.17. The molecule has 1 saturated heterocycles. The van der Waals surface area contributed by atoms with E-state index in [-0.39, 0.29) is 5.91 Å². The second-order valence-electron chi connectivity index (χ2n) is 6.97. The first-order valence-corrected chi connectivity index (χ1v) is 9.53. The minimum absolute atomic E-state index is 0.0685. The molecular formula is C19H27N3OS. The minimum Gasteiger partial charge on any atom is -0.351 e. The smallest absolute Gasteiger partial charge is 0.261 e. The van der Waals surface area contributed by atoms with E-state index in [1.54, 1.807) is 11.3 Å². The molecule has 0 radical (unpaired) electrons. The molecular weight excluding hydrogens is 318 g/mol. The van der Waals surface area contributed by atoms with E-state index in [4.69, 9.17) is 0 Å². The number of carbonyl (C=O) groups is 1. The Kier molecular flexibility index (Phi) is 5.54. The van der Waals surface area contributed by atoms with Gasteiger partial charge in [-0.3, -0.25) is 4.79 Å². The van der Waals surface area contributed by atoms with Crippen LogP contribution in [0.5, 0.6) is 0 Å². The molecule has 1 aromatic heterocycles. The van der Waals surface area contributed by atoms with Gasteiger partial charge in [0.25, 0.3) is 5.91 Å². The monoisotopic (exact) mass is 345 g/mol. The molecule has 0 saturated carbocycles. The second-order valence-corrected chi connectivity index (χ2v) is 8.02. The van der Waals surface area contributed by atoms with Gasteiger partial charge in [0.1, 0.15) is 0 Å². The number of amides is 1. The van der Waals surface area contributed by atoms with Gasteiger partial charge >= 0.3 is 0 Å². The number of aryl methyl sites for hydroxylation is 1. The van der Waals surface area contributed by atoms with Crippen molar-refractivity contribution in [2.24, 2.45) is 5.92 Å². The van der Waals surface area contributed by atoms with Crippen LogP contribution in [0.4, 0.5) is 0 Å². The molecule has 1 fully saturated rings. The fourth-order valence-corrected chi connectivity index (χ4v) is 4.40. The van der Waals surface area contributed by atoms with Crippen molar-refractivity contribution >= 4 is 27.3 Å². The van der Waals surface area contributed by atoms with Crippen LogP contribution >= 0.6 is 11.3 Å². The average Bonchev–Trinajstić information content (AvgIpc) is 2.92. The zero-order valence-electron chi connectivity index (χ0n) is 14.8. The van der Waals surface area contributed by atoms with Crippen LogP contribution in [0.15, 0.2) is 24.3 Å². The summed E-state index contributed by atoms with van der Waals surface area (Å²) in [5, 5.41) is 4.33. The lowest BCUT2D eigenvalue weighted by atomic mass is 10.1. The first-order chi connectivity index (χ1) is 11.5.